The fourth-order valence-electron chi connectivity index (χ4n) is 1.51. The number of benzene rings is 1. The largest absolute Gasteiger partial charge is 0.496 e. The number of halogens is 1. The van der Waals surface area contributed by atoms with Gasteiger partial charge in [0.15, 0.2) is 0 Å². The van der Waals surface area contributed by atoms with Gasteiger partial charge >= 0.3 is 0 Å². The minimum atomic E-state index is -0.555. The molecule has 2 nitrogen and oxygen atoms in total. The molecule has 0 aliphatic carbocycles. The van der Waals surface area contributed by atoms with Crippen LogP contribution in [0.1, 0.15) is 30.9 Å². The van der Waals surface area contributed by atoms with E-state index >= 15 is 0 Å². The van der Waals surface area contributed by atoms with Gasteiger partial charge in [0.2, 0.25) is 0 Å². The number of aliphatic hydroxyl groups excluding tert-OH is 1. The number of hydrogen-bond donors (Lipinski definition) is 1. The summed E-state index contributed by atoms with van der Waals surface area (Å²) < 4.78 is 5.17. The van der Waals surface area contributed by atoms with Crippen LogP contribution in [0.3, 0.4) is 0 Å². The quantitative estimate of drug-likeness (QED) is 0.631. The van der Waals surface area contributed by atoms with Crippen molar-refractivity contribution < 1.29 is 9.84 Å². The fraction of sp³-hybridized carbons (Fsp3) is 0.385. The molecule has 0 aromatic heterocycles. The Kier molecular flexibility index (Phi) is 5.18. The number of aliphatic hydroxyl groups is 1. The molecular formula is C13H15ClO2. The van der Waals surface area contributed by atoms with Crippen molar-refractivity contribution in [1.29, 1.82) is 0 Å². The molecule has 3 heteroatoms. The van der Waals surface area contributed by atoms with Gasteiger partial charge in [0, 0.05) is 17.0 Å². The summed E-state index contributed by atoms with van der Waals surface area (Å²) in [4.78, 5) is 0. The molecule has 0 bridgehead atoms. The maximum Gasteiger partial charge on any atom is 0.126 e. The van der Waals surface area contributed by atoms with Crippen LogP contribution in [0.2, 0.25) is 5.02 Å². The zero-order valence-corrected chi connectivity index (χ0v) is 10.00. The summed E-state index contributed by atoms with van der Waals surface area (Å²) in [5.74, 6) is 3.16. The van der Waals surface area contributed by atoms with E-state index in [0.717, 1.165) is 12.0 Å². The monoisotopic (exact) mass is 238 g/mol. The van der Waals surface area contributed by atoms with Gasteiger partial charge in [0.1, 0.15) is 5.75 Å². The highest BCUT2D eigenvalue weighted by Gasteiger charge is 2.12. The van der Waals surface area contributed by atoms with Gasteiger partial charge in [-0.3, -0.25) is 0 Å². The average molecular weight is 239 g/mol. The summed E-state index contributed by atoms with van der Waals surface area (Å²) in [7, 11) is 1.56. The molecule has 0 saturated carbocycles. The van der Waals surface area contributed by atoms with Gasteiger partial charge in [0.25, 0.3) is 0 Å². The van der Waals surface area contributed by atoms with Crippen LogP contribution < -0.4 is 4.74 Å². The lowest BCUT2D eigenvalue weighted by atomic mass is 10.0. The van der Waals surface area contributed by atoms with Gasteiger partial charge in [-0.05, 0) is 25.0 Å². The van der Waals surface area contributed by atoms with Crippen LogP contribution in [0, 0.1) is 12.3 Å². The summed E-state index contributed by atoms with van der Waals surface area (Å²) in [5, 5.41) is 10.6. The lowest BCUT2D eigenvalue weighted by Gasteiger charge is -2.14. The Balaban J connectivity index is 2.74. The molecule has 0 spiro atoms. The molecule has 0 fully saturated rings. The molecule has 1 atom stereocenters. The summed E-state index contributed by atoms with van der Waals surface area (Å²) >= 11 is 5.84. The van der Waals surface area contributed by atoms with Crippen molar-refractivity contribution in [3.63, 3.8) is 0 Å². The third-order valence-electron chi connectivity index (χ3n) is 2.35. The van der Waals surface area contributed by atoms with Crippen molar-refractivity contribution >= 4 is 11.6 Å². The molecule has 1 aromatic rings. The molecule has 1 unspecified atom stereocenters. The first kappa shape index (κ1) is 12.9. The molecule has 1 rings (SSSR count). The van der Waals surface area contributed by atoms with E-state index in [1.807, 2.05) is 0 Å². The van der Waals surface area contributed by atoms with Crippen molar-refractivity contribution in [3.05, 3.63) is 28.8 Å². The highest BCUT2D eigenvalue weighted by molar-refractivity contribution is 6.30. The minimum absolute atomic E-state index is 0.555. The van der Waals surface area contributed by atoms with E-state index in [2.05, 4.69) is 5.92 Å². The van der Waals surface area contributed by atoms with E-state index in [0.29, 0.717) is 23.6 Å². The number of methoxy groups -OCH3 is 1. The smallest absolute Gasteiger partial charge is 0.126 e. The molecule has 0 heterocycles. The third-order valence-corrected chi connectivity index (χ3v) is 2.59. The maximum absolute atomic E-state index is 9.96. The first-order chi connectivity index (χ1) is 7.69. The zero-order chi connectivity index (χ0) is 12.0. The van der Waals surface area contributed by atoms with Crippen LogP contribution >= 0.6 is 11.6 Å². The average Bonchev–Trinajstić information content (AvgIpc) is 2.29. The number of ether oxygens (including phenoxy) is 1. The molecule has 1 aromatic carbocycles. The second kappa shape index (κ2) is 6.42. The number of unbranched alkanes of at least 4 members (excludes halogenated alkanes) is 1. The Bertz CT molecular complexity index is 382. The molecule has 1 N–H and O–H groups in total. The first-order valence-corrected chi connectivity index (χ1v) is 5.51. The van der Waals surface area contributed by atoms with Gasteiger partial charge in [-0.2, -0.15) is 0 Å². The summed E-state index contributed by atoms with van der Waals surface area (Å²) in [6.07, 6.45) is 6.70. The van der Waals surface area contributed by atoms with Crippen LogP contribution in [-0.2, 0) is 0 Å². The van der Waals surface area contributed by atoms with Crippen LogP contribution in [0.25, 0.3) is 0 Å². The van der Waals surface area contributed by atoms with Gasteiger partial charge in [-0.1, -0.05) is 17.7 Å². The predicted molar refractivity (Wildman–Crippen MR) is 65.6 cm³/mol. The van der Waals surface area contributed by atoms with Gasteiger partial charge in [-0.25, -0.2) is 0 Å². The van der Waals surface area contributed by atoms with Crippen molar-refractivity contribution in [2.24, 2.45) is 0 Å². The molecular weight excluding hydrogens is 224 g/mol. The molecule has 0 saturated heterocycles. The van der Waals surface area contributed by atoms with Gasteiger partial charge in [0.05, 0.1) is 13.2 Å². The molecule has 0 aliphatic rings. The van der Waals surface area contributed by atoms with Crippen molar-refractivity contribution in [2.45, 2.75) is 25.4 Å². The lowest BCUT2D eigenvalue weighted by Crippen LogP contribution is -2.00. The summed E-state index contributed by atoms with van der Waals surface area (Å²) in [5.41, 5.74) is 0.754. The first-order valence-electron chi connectivity index (χ1n) is 5.14. The third kappa shape index (κ3) is 3.44. The highest BCUT2D eigenvalue weighted by Crippen LogP contribution is 2.30. The molecule has 0 amide bonds. The van der Waals surface area contributed by atoms with Gasteiger partial charge < -0.3 is 9.84 Å². The topological polar surface area (TPSA) is 29.5 Å². The van der Waals surface area contributed by atoms with Crippen molar-refractivity contribution in [3.8, 4) is 18.1 Å². The van der Waals surface area contributed by atoms with E-state index < -0.39 is 6.10 Å². The number of hydrogen-bond acceptors (Lipinski definition) is 2. The Morgan fingerprint density at radius 2 is 2.31 bits per heavy atom. The number of rotatable bonds is 5. The fourth-order valence-corrected chi connectivity index (χ4v) is 1.68. The van der Waals surface area contributed by atoms with E-state index in [1.165, 1.54) is 0 Å². The molecule has 0 radical (unpaired) electrons. The van der Waals surface area contributed by atoms with Crippen LogP contribution in [0.5, 0.6) is 5.75 Å². The van der Waals surface area contributed by atoms with Crippen molar-refractivity contribution in [2.75, 3.05) is 7.11 Å². The molecule has 86 valence electrons. The predicted octanol–water partition coefficient (Wildman–Crippen LogP) is 3.19. The van der Waals surface area contributed by atoms with Crippen LogP contribution in [0.15, 0.2) is 18.2 Å². The summed E-state index contributed by atoms with van der Waals surface area (Å²) in [6.45, 7) is 0. The highest BCUT2D eigenvalue weighted by atomic mass is 35.5. The second-order valence-corrected chi connectivity index (χ2v) is 3.93. The minimum Gasteiger partial charge on any atom is -0.496 e. The molecule has 0 aliphatic heterocycles. The standard InChI is InChI=1S/C13H15ClO2/c1-3-4-5-6-12(15)11-8-7-10(14)9-13(11)16-2/h1,7-9,12,15H,4-6H2,2H3. The zero-order valence-electron chi connectivity index (χ0n) is 9.24. The van der Waals surface area contributed by atoms with Crippen LogP contribution in [0.4, 0.5) is 0 Å². The SMILES string of the molecule is C#CCCCC(O)c1ccc(Cl)cc1OC. The van der Waals surface area contributed by atoms with Gasteiger partial charge in [-0.15, -0.1) is 12.3 Å². The lowest BCUT2D eigenvalue weighted by molar-refractivity contribution is 0.161. The Labute approximate surface area is 101 Å². The second-order valence-electron chi connectivity index (χ2n) is 3.50. The van der Waals surface area contributed by atoms with E-state index in [1.54, 1.807) is 25.3 Å². The molecule has 16 heavy (non-hydrogen) atoms. The van der Waals surface area contributed by atoms with Crippen molar-refractivity contribution in [1.82, 2.24) is 0 Å². The van der Waals surface area contributed by atoms with E-state index in [-0.39, 0.29) is 0 Å². The van der Waals surface area contributed by atoms with E-state index in [9.17, 15) is 5.11 Å². The normalized spacial score (nSPS) is 11.9. The maximum atomic E-state index is 9.96. The number of terminal acetylenes is 1. The Morgan fingerprint density at radius 1 is 1.56 bits per heavy atom. The summed E-state index contributed by atoms with van der Waals surface area (Å²) in [6, 6.07) is 5.22. The Morgan fingerprint density at radius 3 is 2.94 bits per heavy atom. The van der Waals surface area contributed by atoms with Crippen LogP contribution in [-0.4, -0.2) is 12.2 Å². The van der Waals surface area contributed by atoms with E-state index in [4.69, 9.17) is 22.8 Å². The Hall–Kier alpha value is -1.17.